The molecule has 6 heteroatoms. The number of hydrogen-bond acceptors (Lipinski definition) is 3. The van der Waals surface area contributed by atoms with Crippen LogP contribution in [0.25, 0.3) is 0 Å². The Kier molecular flexibility index (Phi) is 24.4. The van der Waals surface area contributed by atoms with E-state index in [9.17, 15) is 0 Å². The van der Waals surface area contributed by atoms with Crippen LogP contribution in [0, 0.1) is 0 Å². The van der Waals surface area contributed by atoms with Gasteiger partial charge in [0, 0.05) is 9.17 Å². The Bertz CT molecular complexity index is 33.8. The predicted octanol–water partition coefficient (Wildman–Crippen LogP) is -2.88. The standard InChI is InChI=1S/Co.O3Si.Zn/c;1-4(2)3;/q+2;-2;+2. The molecule has 0 aromatic heterocycles. The van der Waals surface area contributed by atoms with Gasteiger partial charge in [-0.05, 0) is 0 Å². The van der Waals surface area contributed by atoms with Gasteiger partial charge < -0.3 is 14.1 Å². The molecule has 0 aromatic rings. The molecule has 0 saturated carbocycles. The molecule has 0 rings (SSSR count). The summed E-state index contributed by atoms with van der Waals surface area (Å²) in [5.74, 6) is 0. The van der Waals surface area contributed by atoms with Gasteiger partial charge in [-0.15, -0.1) is 0 Å². The quantitative estimate of drug-likeness (QED) is 0.395. The Hall–Kier alpha value is 0.747. The van der Waals surface area contributed by atoms with Gasteiger partial charge in [0.25, 0.3) is 0 Å². The van der Waals surface area contributed by atoms with Gasteiger partial charge in [0.05, 0.1) is 0 Å². The number of rotatable bonds is 0. The van der Waals surface area contributed by atoms with Gasteiger partial charge in [0.2, 0.25) is 0 Å². The maximum atomic E-state index is 8.52. The summed E-state index contributed by atoms with van der Waals surface area (Å²) in [4.78, 5) is 17.0. The normalized spacial score (nSPS) is 4.00. The van der Waals surface area contributed by atoms with Gasteiger partial charge in [0.15, 0.2) is 0 Å². The van der Waals surface area contributed by atoms with Crippen molar-refractivity contribution in [2.45, 2.75) is 0 Å². The minimum absolute atomic E-state index is 0. The van der Waals surface area contributed by atoms with Gasteiger partial charge in [0.1, 0.15) is 0 Å². The van der Waals surface area contributed by atoms with Gasteiger partial charge in [-0.1, -0.05) is 0 Å². The van der Waals surface area contributed by atoms with Crippen molar-refractivity contribution in [3.05, 3.63) is 0 Å². The summed E-state index contributed by atoms with van der Waals surface area (Å²) >= 11 is 0. The second kappa shape index (κ2) is 9.22. The Labute approximate surface area is 59.6 Å². The SMILES string of the molecule is O=[Si]([O-])[O-].[Co+2].[Zn+2]. The zero-order chi connectivity index (χ0) is 3.58. The summed E-state index contributed by atoms with van der Waals surface area (Å²) in [6, 6.07) is 0. The second-order valence-corrected chi connectivity index (χ2v) is 0.750. The molecule has 0 unspecified atom stereocenters. The molecule has 0 spiro atoms. The second-order valence-electron chi connectivity index (χ2n) is 0.250. The van der Waals surface area contributed by atoms with Crippen LogP contribution in [-0.4, -0.2) is 9.17 Å². The van der Waals surface area contributed by atoms with Gasteiger partial charge in [-0.25, -0.2) is 0 Å². The third-order valence-corrected chi connectivity index (χ3v) is 0. The van der Waals surface area contributed by atoms with Crippen LogP contribution < -0.4 is 9.59 Å². The number of hydrogen-bond donors (Lipinski definition) is 0. The van der Waals surface area contributed by atoms with Crippen molar-refractivity contribution in [1.29, 1.82) is 0 Å². The predicted molar refractivity (Wildman–Crippen MR) is 6.44 cm³/mol. The molecule has 31 valence electrons. The van der Waals surface area contributed by atoms with E-state index in [-0.39, 0.29) is 36.3 Å². The molecule has 0 fully saturated rings. The molecule has 0 aliphatic carbocycles. The van der Waals surface area contributed by atoms with E-state index >= 15 is 0 Å². The third kappa shape index (κ3) is 119. The van der Waals surface area contributed by atoms with E-state index < -0.39 is 9.17 Å². The minimum Gasteiger partial charge on any atom is -0.672 e. The fourth-order valence-corrected chi connectivity index (χ4v) is 0. The van der Waals surface area contributed by atoms with E-state index in [1.54, 1.807) is 0 Å². The first-order valence-electron chi connectivity index (χ1n) is 0.612. The Morgan fingerprint density at radius 2 is 1.33 bits per heavy atom. The topological polar surface area (TPSA) is 63.2 Å². The molecule has 0 saturated heterocycles. The maximum absolute atomic E-state index is 8.52. The van der Waals surface area contributed by atoms with Crippen LogP contribution in [0.5, 0.6) is 0 Å². The zero-order valence-electron chi connectivity index (χ0n) is 2.77. The maximum Gasteiger partial charge on any atom is 2.00 e. The summed E-state index contributed by atoms with van der Waals surface area (Å²) in [6.45, 7) is 0. The average Bonchev–Trinajstić information content (AvgIpc) is 0.811. The van der Waals surface area contributed by atoms with Crippen molar-refractivity contribution in [1.82, 2.24) is 0 Å². The van der Waals surface area contributed by atoms with Crippen molar-refractivity contribution in [3.8, 4) is 0 Å². The molecule has 0 atom stereocenters. The van der Waals surface area contributed by atoms with Crippen LogP contribution in [0.2, 0.25) is 0 Å². The molecule has 0 amide bonds. The molecule has 3 nitrogen and oxygen atoms in total. The van der Waals surface area contributed by atoms with Crippen LogP contribution in [0.15, 0.2) is 0 Å². The van der Waals surface area contributed by atoms with E-state index in [0.717, 1.165) is 0 Å². The minimum atomic E-state index is -3.63. The van der Waals surface area contributed by atoms with Crippen LogP contribution in [-0.2, 0) is 40.7 Å². The van der Waals surface area contributed by atoms with E-state index in [1.165, 1.54) is 0 Å². The molecular weight excluding hydrogens is 200 g/mol. The molecular formula is CoO3SiZn+2. The molecule has 0 aromatic carbocycles. The molecule has 6 heavy (non-hydrogen) atoms. The zero-order valence-corrected chi connectivity index (χ0v) is 7.77. The Balaban J connectivity index is -0.0000000450. The first-order chi connectivity index (χ1) is 1.73. The molecule has 0 aliphatic rings. The van der Waals surface area contributed by atoms with Crippen molar-refractivity contribution in [2.24, 2.45) is 0 Å². The third-order valence-electron chi connectivity index (χ3n) is 0. The molecule has 0 heterocycles. The fourth-order valence-electron chi connectivity index (χ4n) is 0. The largest absolute Gasteiger partial charge is 2.00 e. The van der Waals surface area contributed by atoms with E-state index in [1.807, 2.05) is 0 Å². The monoisotopic (exact) mass is 199 g/mol. The fraction of sp³-hybridized carbons (Fsp3) is 0. The Morgan fingerprint density at radius 1 is 1.33 bits per heavy atom. The van der Waals surface area contributed by atoms with Gasteiger partial charge in [-0.3, -0.25) is 0 Å². The molecule has 0 N–H and O–H groups in total. The first kappa shape index (κ1) is 15.9. The summed E-state index contributed by atoms with van der Waals surface area (Å²) < 4.78 is 8.52. The van der Waals surface area contributed by atoms with Crippen LogP contribution in [0.3, 0.4) is 0 Å². The van der Waals surface area contributed by atoms with E-state index in [2.05, 4.69) is 0 Å². The van der Waals surface area contributed by atoms with E-state index in [0.29, 0.717) is 0 Å². The summed E-state index contributed by atoms with van der Waals surface area (Å²) in [6.07, 6.45) is 0. The first-order valence-corrected chi connectivity index (χ1v) is 1.84. The van der Waals surface area contributed by atoms with Crippen molar-refractivity contribution < 1.29 is 50.3 Å². The van der Waals surface area contributed by atoms with Crippen molar-refractivity contribution in [2.75, 3.05) is 0 Å². The van der Waals surface area contributed by atoms with Gasteiger partial charge in [-0.2, -0.15) is 0 Å². The van der Waals surface area contributed by atoms with Crippen LogP contribution in [0.4, 0.5) is 0 Å². The van der Waals surface area contributed by atoms with Crippen molar-refractivity contribution in [3.63, 3.8) is 0 Å². The summed E-state index contributed by atoms with van der Waals surface area (Å²) in [7, 11) is -3.63. The smallest absolute Gasteiger partial charge is 0.672 e. The molecule has 0 aliphatic heterocycles. The van der Waals surface area contributed by atoms with E-state index in [4.69, 9.17) is 14.1 Å². The summed E-state index contributed by atoms with van der Waals surface area (Å²) in [5.41, 5.74) is 0. The summed E-state index contributed by atoms with van der Waals surface area (Å²) in [5, 5.41) is 0. The Morgan fingerprint density at radius 3 is 1.33 bits per heavy atom. The van der Waals surface area contributed by atoms with Crippen LogP contribution >= 0.6 is 0 Å². The molecule has 1 radical (unpaired) electrons. The molecule has 0 bridgehead atoms. The van der Waals surface area contributed by atoms with Crippen LogP contribution in [0.1, 0.15) is 0 Å². The van der Waals surface area contributed by atoms with Crippen molar-refractivity contribution >= 4 is 9.17 Å². The average molecular weight is 200 g/mol. The van der Waals surface area contributed by atoms with Gasteiger partial charge >= 0.3 is 36.3 Å².